The summed E-state index contributed by atoms with van der Waals surface area (Å²) in [4.78, 5) is 22.2. The van der Waals surface area contributed by atoms with Gasteiger partial charge in [0.25, 0.3) is 0 Å². The highest BCUT2D eigenvalue weighted by molar-refractivity contribution is 6.30. The third-order valence-electron chi connectivity index (χ3n) is 9.78. The van der Waals surface area contributed by atoms with Crippen LogP contribution in [0.4, 0.5) is 22.0 Å². The van der Waals surface area contributed by atoms with Crippen LogP contribution in [0.2, 0.25) is 5.02 Å². The minimum Gasteiger partial charge on any atom is -0.341 e. The van der Waals surface area contributed by atoms with Gasteiger partial charge in [-0.05, 0) is 53.6 Å². The number of nitrogens with zero attached hydrogens (tertiary/aromatic N) is 3. The average Bonchev–Trinajstić information content (AvgIpc) is 3.59. The number of amides is 1. The van der Waals surface area contributed by atoms with E-state index in [1.807, 2.05) is 12.1 Å². The highest BCUT2D eigenvalue weighted by atomic mass is 35.5. The molecule has 3 heterocycles. The Morgan fingerprint density at radius 2 is 1.73 bits per heavy atom. The number of halogens is 6. The van der Waals surface area contributed by atoms with Gasteiger partial charge in [-0.15, -0.1) is 0 Å². The van der Waals surface area contributed by atoms with Crippen molar-refractivity contribution in [1.82, 2.24) is 15.3 Å². The van der Waals surface area contributed by atoms with E-state index in [4.69, 9.17) is 22.6 Å². The number of rotatable bonds is 6. The van der Waals surface area contributed by atoms with Crippen LogP contribution in [0.1, 0.15) is 59.3 Å². The fourth-order valence-corrected chi connectivity index (χ4v) is 7.24. The Balaban J connectivity index is 1.34. The van der Waals surface area contributed by atoms with Gasteiger partial charge in [-0.1, -0.05) is 35.9 Å². The van der Waals surface area contributed by atoms with Gasteiger partial charge in [-0.3, -0.25) is 4.48 Å². The van der Waals surface area contributed by atoms with Crippen molar-refractivity contribution in [2.24, 2.45) is 5.73 Å². The molecule has 2 fully saturated rings. The molecule has 1 amide bonds. The van der Waals surface area contributed by atoms with E-state index < -0.39 is 39.9 Å². The topological polar surface area (TPSA) is 108 Å². The van der Waals surface area contributed by atoms with Crippen molar-refractivity contribution in [3.05, 3.63) is 118 Å². The molecule has 254 valence electrons. The Labute approximate surface area is 284 Å². The number of benzene rings is 3. The summed E-state index contributed by atoms with van der Waals surface area (Å²) in [6.07, 6.45) is 0.184. The lowest BCUT2D eigenvalue weighted by molar-refractivity contribution is -0.882. The number of hydrogen-bond donors (Lipinski definition) is 3. The van der Waals surface area contributed by atoms with Crippen LogP contribution in [-0.4, -0.2) is 52.1 Å². The normalized spacial score (nSPS) is 24.5. The molecule has 2 aliphatic heterocycles. The monoisotopic (exact) mass is 695 g/mol. The number of H-pyrrole nitrogens is 1. The van der Waals surface area contributed by atoms with E-state index in [-0.39, 0.29) is 28.5 Å². The van der Waals surface area contributed by atoms with Crippen LogP contribution in [-0.2, 0) is 11.0 Å². The van der Waals surface area contributed by atoms with Gasteiger partial charge in [0, 0.05) is 49.4 Å². The molecule has 2 aliphatic rings. The van der Waals surface area contributed by atoms with Crippen molar-refractivity contribution in [2.75, 3.05) is 19.6 Å². The molecule has 4 N–H and O–H groups in total. The molecule has 0 aliphatic carbocycles. The zero-order valence-corrected chi connectivity index (χ0v) is 26.9. The van der Waals surface area contributed by atoms with E-state index in [0.717, 1.165) is 35.0 Å². The number of carbonyl (C=O) groups excluding carboxylic acids is 1. The summed E-state index contributed by atoms with van der Waals surface area (Å²) in [5.74, 6) is -1.79. The molecular weight excluding hydrogens is 663 g/mol. The van der Waals surface area contributed by atoms with E-state index in [1.54, 1.807) is 30.5 Å². The first-order valence-electron chi connectivity index (χ1n) is 15.8. The summed E-state index contributed by atoms with van der Waals surface area (Å²) in [5, 5.41) is 12.2. The minimum absolute atomic E-state index is 0.0974. The lowest BCUT2D eigenvalue weighted by Gasteiger charge is -2.49. The molecular formula is C36H33ClF5N6O+. The first kappa shape index (κ1) is 34.5. The average molecular weight is 696 g/mol. The number of piperidine rings is 2. The van der Waals surface area contributed by atoms with Crippen LogP contribution >= 0.6 is 11.6 Å². The number of nitrogens with two attached hydrogens (primary N) is 1. The number of carbonyl (C=O) groups is 1. The fourth-order valence-electron chi connectivity index (χ4n) is 7.08. The molecule has 6 rings (SSSR count). The third kappa shape index (κ3) is 7.03. The first-order chi connectivity index (χ1) is 23.4. The fraction of sp³-hybridized carbons (Fsp3) is 0.306. The maximum absolute atomic E-state index is 14.9. The Hall–Kier alpha value is -4.41. The van der Waals surface area contributed by atoms with Gasteiger partial charge in [-0.25, -0.2) is 18.6 Å². The van der Waals surface area contributed by atoms with Gasteiger partial charge < -0.3 is 16.0 Å². The quantitative estimate of drug-likeness (QED) is 0.112. The molecule has 4 aromatic rings. The van der Waals surface area contributed by atoms with Gasteiger partial charge in [0.1, 0.15) is 23.5 Å². The molecule has 2 saturated heterocycles. The highest BCUT2D eigenvalue weighted by Crippen LogP contribution is 2.42. The van der Waals surface area contributed by atoms with E-state index >= 15 is 0 Å². The summed E-state index contributed by atoms with van der Waals surface area (Å²) in [6, 6.07) is 16.0. The summed E-state index contributed by atoms with van der Waals surface area (Å²) < 4.78 is 70.2. The van der Waals surface area contributed by atoms with Gasteiger partial charge in [-0.2, -0.15) is 18.4 Å². The van der Waals surface area contributed by atoms with E-state index in [1.165, 1.54) is 12.1 Å². The Bertz CT molecular complexity index is 1890. The summed E-state index contributed by atoms with van der Waals surface area (Å²) in [7, 11) is 0. The van der Waals surface area contributed by atoms with E-state index in [2.05, 4.69) is 21.4 Å². The lowest BCUT2D eigenvalue weighted by Crippen LogP contribution is -2.67. The second-order valence-electron chi connectivity index (χ2n) is 12.6. The largest absolute Gasteiger partial charge is 0.417 e. The van der Waals surface area contributed by atoms with Gasteiger partial charge in [0.2, 0.25) is 0 Å². The van der Waals surface area contributed by atoms with Crippen LogP contribution in [0, 0.1) is 23.0 Å². The van der Waals surface area contributed by atoms with Crippen LogP contribution in [0.15, 0.2) is 72.9 Å². The highest BCUT2D eigenvalue weighted by Gasteiger charge is 2.49. The molecule has 0 saturated carbocycles. The molecule has 1 aromatic heterocycles. The number of likely N-dealkylation sites (tertiary alicyclic amines) is 1. The number of quaternary nitrogens is 1. The van der Waals surface area contributed by atoms with Gasteiger partial charge >= 0.3 is 12.1 Å². The molecule has 0 bridgehead atoms. The number of aromatic amines is 1. The van der Waals surface area contributed by atoms with Crippen molar-refractivity contribution in [3.63, 3.8) is 0 Å². The molecule has 3 atom stereocenters. The standard InChI is InChI=1S/C36H33ClF5N6O/c37-30-11-10-29(36(40,41)42)27(33(30)39)9-12-32(49)48(15-13-25(44)14-16-48)26-17-28(22-5-7-24(38)8-6-22)34(45-19-26)35-46-20-31(47-35)23-3-1-21(18-43)2-4-23/h1-12,20,25-26,28,34,45H,13-17,19,44H2,(H,46,47)/q+1/b12-9+. The maximum atomic E-state index is 14.9. The number of nitriles is 1. The number of alkyl halides is 3. The molecule has 7 nitrogen and oxygen atoms in total. The van der Waals surface area contributed by atoms with Crippen molar-refractivity contribution >= 4 is 23.6 Å². The third-order valence-corrected chi connectivity index (χ3v) is 10.1. The number of nitrogens with one attached hydrogen (secondary N) is 2. The molecule has 49 heavy (non-hydrogen) atoms. The number of aromatic nitrogens is 2. The maximum Gasteiger partial charge on any atom is 0.417 e. The van der Waals surface area contributed by atoms with Crippen molar-refractivity contribution in [1.29, 1.82) is 5.26 Å². The van der Waals surface area contributed by atoms with E-state index in [0.29, 0.717) is 56.4 Å². The molecule has 13 heteroatoms. The molecule has 0 radical (unpaired) electrons. The lowest BCUT2D eigenvalue weighted by atomic mass is 9.80. The predicted molar refractivity (Wildman–Crippen MR) is 175 cm³/mol. The smallest absolute Gasteiger partial charge is 0.341 e. The SMILES string of the molecule is N#Cc1ccc(-c2cnc(C3NCC([N+]4(C(=O)/C=C/c5c(C(F)(F)F)ccc(Cl)c5F)CCC(N)CC4)CC3c3ccc(F)cc3)[nH]2)cc1. The summed E-state index contributed by atoms with van der Waals surface area (Å²) in [6.45, 7) is 1.03. The second-order valence-corrected chi connectivity index (χ2v) is 13.0. The van der Waals surface area contributed by atoms with Crippen molar-refractivity contribution in [2.45, 2.75) is 49.5 Å². The Morgan fingerprint density at radius 1 is 1.04 bits per heavy atom. The summed E-state index contributed by atoms with van der Waals surface area (Å²) >= 11 is 5.83. The number of imidazole rings is 1. The van der Waals surface area contributed by atoms with Gasteiger partial charge in [0.05, 0.1) is 53.2 Å². The molecule has 3 unspecified atom stereocenters. The second kappa shape index (κ2) is 13.8. The number of hydrogen-bond acceptors (Lipinski definition) is 5. The summed E-state index contributed by atoms with van der Waals surface area (Å²) in [5.41, 5.74) is 7.12. The minimum atomic E-state index is -4.87. The Kier molecular flexibility index (Phi) is 9.73. The molecule has 3 aromatic carbocycles. The first-order valence-corrected chi connectivity index (χ1v) is 16.2. The van der Waals surface area contributed by atoms with E-state index in [9.17, 15) is 26.7 Å². The Morgan fingerprint density at radius 3 is 2.39 bits per heavy atom. The van der Waals surface area contributed by atoms with Crippen molar-refractivity contribution < 1.29 is 31.2 Å². The van der Waals surface area contributed by atoms with Crippen LogP contribution in [0.3, 0.4) is 0 Å². The molecule has 0 spiro atoms. The van der Waals surface area contributed by atoms with Crippen LogP contribution in [0.5, 0.6) is 0 Å². The van der Waals surface area contributed by atoms with Crippen LogP contribution in [0.25, 0.3) is 17.3 Å². The van der Waals surface area contributed by atoms with Crippen molar-refractivity contribution in [3.8, 4) is 17.3 Å². The zero-order valence-electron chi connectivity index (χ0n) is 26.2. The predicted octanol–water partition coefficient (Wildman–Crippen LogP) is 7.26. The van der Waals surface area contributed by atoms with Crippen LogP contribution < -0.4 is 11.1 Å². The van der Waals surface area contributed by atoms with Gasteiger partial charge in [0.15, 0.2) is 0 Å². The zero-order chi connectivity index (χ0) is 34.9.